The number of nitrogens with two attached hydrogens (primary N) is 1. The minimum Gasteiger partial charge on any atom is -0.854 e. The summed E-state index contributed by atoms with van der Waals surface area (Å²) in [6.45, 7) is 47.4. The van der Waals surface area contributed by atoms with Crippen LogP contribution in [0.25, 0.3) is 0 Å². The SMILES string of the molecule is CC(=O)O.CC(=O)O.CC(C)CN1CCN2CCN[P@@]1[N+](CC(C)C)(CC(C)C)CC2.CCCC[O-].COc1c(Cl)ncnc1OC1CCN(C(=O)OC(C)C)CC1.COc1c(Nc2c(C)cc(Br)nc2C)ncnc1OC1CCN(C(=O)OC(C)C)CC1.Cc1cc(Br)nc(C)c1N.[Na+].[Pd]. The van der Waals surface area contributed by atoms with Crippen LogP contribution < -0.4 is 69.7 Å². The molecule has 570 valence electrons. The molecule has 4 aromatic heterocycles. The standard InChI is InChI=1S/C21H28BrN5O4.C18H40N4P.C14H20ClN3O4.C7H9BrN2.C4H9O.2C2H4O2.Na.Pd/c1-12(2)30-21(28)27-8-6-15(7-9-27)31-20-18(29-5)19(23-11-24-20)26-17-13(3)10-16(22)25-14(17)4;1-16(2)13-21-10-9-20-8-7-19-23(21)22(12-11-20,14-17(3)4)15-18(5)6;1-9(2)21-14(19)18-6-4-10(5-7-18)22-13-11(20-3)12(15)16-8-17-13;1-4-3-6(8)10-5(2)7(4)9;1-2-3-4-5;2*1-2(3)4;;/h10-12,15H,6-9H2,1-5H3,(H,23,24,26);16-19H,7-15H2,1-6H3;8-10H,4-7H2,1-3H3;3H,9H2,1-2H3;2-4H2,1H3;2*1H3,(H,3,4);;/q;+1;;;-1;;;+1;/t;23-;;;;;;;/m.1......./s1. The molecule has 0 aliphatic carbocycles. The zero-order valence-corrected chi connectivity index (χ0v) is 71.6. The van der Waals surface area contributed by atoms with E-state index in [1.54, 1.807) is 16.9 Å². The number of ether oxygens (including phenoxy) is 6. The molecule has 27 nitrogen and oxygen atoms in total. The van der Waals surface area contributed by atoms with Crippen molar-refractivity contribution in [2.24, 2.45) is 17.8 Å². The van der Waals surface area contributed by atoms with Crippen molar-refractivity contribution < 1.29 is 117 Å². The number of carboxylic acids is 2. The Morgan fingerprint density at radius 3 is 1.56 bits per heavy atom. The van der Waals surface area contributed by atoms with Gasteiger partial charge in [-0.1, -0.05) is 72.9 Å². The molecule has 0 saturated carbocycles. The molecule has 0 radical (unpaired) electrons. The number of piperidine rings is 2. The Bertz CT molecular complexity index is 3000. The van der Waals surface area contributed by atoms with Gasteiger partial charge in [0, 0.05) is 137 Å². The molecule has 9 heterocycles. The Morgan fingerprint density at radius 1 is 0.703 bits per heavy atom. The minimum atomic E-state index is -0.833. The van der Waals surface area contributed by atoms with E-state index in [-0.39, 0.29) is 107 Å². The molecule has 33 heteroatoms. The summed E-state index contributed by atoms with van der Waals surface area (Å²) in [5, 5.41) is 31.9. The first-order chi connectivity index (χ1) is 46.6. The normalized spacial score (nSPS) is 16.4. The number of unbranched alkanes of at least 4 members (excludes halogenated alkanes) is 1. The van der Waals surface area contributed by atoms with E-state index in [0.717, 1.165) is 94.1 Å². The van der Waals surface area contributed by atoms with Gasteiger partial charge in [0.2, 0.25) is 11.5 Å². The molecule has 4 aromatic rings. The summed E-state index contributed by atoms with van der Waals surface area (Å²) in [7, 11) is 2.75. The number of aryl methyl sites for hydroxylation is 4. The second-order valence-electron chi connectivity index (χ2n) is 26.1. The number of fused-ring (bicyclic) bond motifs is 6. The largest absolute Gasteiger partial charge is 1.00 e. The van der Waals surface area contributed by atoms with Crippen LogP contribution in [0, 0.1) is 45.4 Å². The smallest absolute Gasteiger partial charge is 0.854 e. The van der Waals surface area contributed by atoms with Crippen molar-refractivity contribution >= 4 is 93.2 Å². The number of aliphatic carboxylic acids is 2. The molecule has 9 rings (SSSR count). The number of anilines is 3. The van der Waals surface area contributed by atoms with E-state index >= 15 is 0 Å². The van der Waals surface area contributed by atoms with Gasteiger partial charge in [-0.05, 0) is 116 Å². The van der Waals surface area contributed by atoms with Gasteiger partial charge in [-0.15, -0.1) is 6.61 Å². The number of pyridine rings is 2. The topological polar surface area (TPSA) is 328 Å². The summed E-state index contributed by atoms with van der Waals surface area (Å²) >= 11 is 12.6. The minimum absolute atomic E-state index is 0. The van der Waals surface area contributed by atoms with Gasteiger partial charge >= 0.3 is 41.7 Å². The van der Waals surface area contributed by atoms with E-state index in [1.807, 2.05) is 74.4 Å². The van der Waals surface area contributed by atoms with Crippen molar-refractivity contribution in [3.63, 3.8) is 0 Å². The third-order valence-corrected chi connectivity index (χ3v) is 18.7. The Kier molecular flexibility index (Phi) is 49.1. The van der Waals surface area contributed by atoms with Gasteiger partial charge in [0.25, 0.3) is 32.1 Å². The summed E-state index contributed by atoms with van der Waals surface area (Å²) in [6, 6.07) is 3.83. The molecule has 6 N–H and O–H groups in total. The van der Waals surface area contributed by atoms with Crippen LogP contribution in [-0.4, -0.2) is 218 Å². The number of carbonyl (C=O) groups is 4. The van der Waals surface area contributed by atoms with Gasteiger partial charge in [0.05, 0.1) is 68.8 Å². The Hall–Kier alpha value is -4.12. The van der Waals surface area contributed by atoms with Crippen LogP contribution in [0.4, 0.5) is 26.8 Å². The van der Waals surface area contributed by atoms with Crippen LogP contribution in [0.2, 0.25) is 5.15 Å². The van der Waals surface area contributed by atoms with Crippen molar-refractivity contribution in [1.82, 2.24) is 54.4 Å². The monoisotopic (exact) mass is 1690 g/mol. The number of nitrogens with zero attached hydrogens (tertiary/aromatic N) is 11. The second kappa shape index (κ2) is 51.2. The second-order valence-corrected chi connectivity index (χ2v) is 30.4. The zero-order valence-electron chi connectivity index (χ0n) is 63.3. The van der Waals surface area contributed by atoms with Gasteiger partial charge in [-0.3, -0.25) is 18.7 Å². The van der Waals surface area contributed by atoms with E-state index in [4.69, 9.17) is 65.6 Å². The number of nitrogen functional groups attached to an aromatic ring is 1. The average molecular weight is 1690 g/mol. The van der Waals surface area contributed by atoms with Crippen LogP contribution in [0.1, 0.15) is 151 Å². The molecule has 2 amide bonds. The molecule has 0 spiro atoms. The number of likely N-dealkylation sites (tertiary alicyclic amines) is 2. The predicted molar refractivity (Wildman–Crippen MR) is 395 cm³/mol. The van der Waals surface area contributed by atoms with Crippen LogP contribution in [0.3, 0.4) is 0 Å². The fourth-order valence-electron chi connectivity index (χ4n) is 10.8. The van der Waals surface area contributed by atoms with Crippen LogP contribution in [-0.2, 0) is 39.5 Å². The number of halogens is 3. The van der Waals surface area contributed by atoms with E-state index < -0.39 is 11.9 Å². The number of quaternary nitrogens is 1. The number of amides is 2. The summed E-state index contributed by atoms with van der Waals surface area (Å²) in [5.74, 6) is 2.53. The van der Waals surface area contributed by atoms with Gasteiger partial charge < -0.3 is 64.6 Å². The van der Waals surface area contributed by atoms with Gasteiger partial charge in [-0.25, -0.2) is 39.3 Å². The maximum atomic E-state index is 12.1. The maximum absolute atomic E-state index is 12.1. The van der Waals surface area contributed by atoms with Crippen molar-refractivity contribution in [1.29, 1.82) is 0 Å². The molecular formula is C68H114Br2ClN14NaO13PPd+. The predicted octanol–water partition coefficient (Wildman–Crippen LogP) is 9.51. The van der Waals surface area contributed by atoms with Crippen LogP contribution in [0.15, 0.2) is 34.0 Å². The van der Waals surface area contributed by atoms with E-state index in [2.05, 4.69) is 123 Å². The molecule has 2 bridgehead atoms. The molecule has 2 atom stereocenters. The fraction of sp³-hybridized carbons (Fsp3) is 0.676. The average Bonchev–Trinajstić information content (AvgIpc) is 0.781. The quantitative estimate of drug-likeness (QED) is 0.0268. The Balaban J connectivity index is 0.00000128. The molecule has 101 heavy (non-hydrogen) atoms. The molecule has 1 unspecified atom stereocenters. The number of carbonyl (C=O) groups excluding carboxylic acids is 2. The molecule has 5 fully saturated rings. The number of hydrogen-bond acceptors (Lipinski definition) is 22. The molecular weight excluding hydrogens is 1580 g/mol. The van der Waals surface area contributed by atoms with Gasteiger partial charge in [0.15, 0.2) is 11.0 Å². The van der Waals surface area contributed by atoms with Crippen molar-refractivity contribution in [3.8, 4) is 23.3 Å². The summed E-state index contributed by atoms with van der Waals surface area (Å²) in [5.41, 5.74) is 11.1. The number of carboxylic acid groups (broad SMARTS) is 2. The number of methoxy groups -OCH3 is 2. The van der Waals surface area contributed by atoms with E-state index in [1.165, 1.54) is 76.4 Å². The van der Waals surface area contributed by atoms with Crippen LogP contribution >= 0.6 is 51.8 Å². The Labute approximate surface area is 659 Å². The van der Waals surface area contributed by atoms with Crippen molar-refractivity contribution in [2.45, 2.75) is 181 Å². The van der Waals surface area contributed by atoms with Gasteiger partial charge in [-0.2, -0.15) is 9.97 Å². The van der Waals surface area contributed by atoms with E-state index in [9.17, 15) is 14.7 Å². The first-order valence-electron chi connectivity index (χ1n) is 33.9. The maximum Gasteiger partial charge on any atom is 1.00 e. The van der Waals surface area contributed by atoms with Crippen LogP contribution in [0.5, 0.6) is 23.3 Å². The number of hydrogen-bond donors (Lipinski definition) is 5. The molecule has 0 aromatic carbocycles. The van der Waals surface area contributed by atoms with Crippen molar-refractivity contribution in [3.05, 3.63) is 61.7 Å². The first-order valence-corrected chi connectivity index (χ1v) is 37.1. The summed E-state index contributed by atoms with van der Waals surface area (Å²) < 4.78 is 38.9. The van der Waals surface area contributed by atoms with Crippen molar-refractivity contribution in [2.75, 3.05) is 117 Å². The number of rotatable bonds is 18. The third kappa shape index (κ3) is 37.1. The number of nitrogens with one attached hydrogen (secondary N) is 2. The molecule has 5 aliphatic rings. The fourth-order valence-corrected chi connectivity index (χ4v) is 15.6. The zero-order chi connectivity index (χ0) is 74.7. The summed E-state index contributed by atoms with van der Waals surface area (Å²) in [6.07, 6.45) is 6.42. The molecule has 5 saturated heterocycles. The third-order valence-electron chi connectivity index (χ3n) is 14.9. The Morgan fingerprint density at radius 2 is 1.16 bits per heavy atom. The number of aromatic nitrogens is 6. The van der Waals surface area contributed by atoms with E-state index in [0.29, 0.717) is 80.9 Å². The molecule has 5 aliphatic heterocycles. The summed E-state index contributed by atoms with van der Waals surface area (Å²) in [4.78, 5) is 73.0. The van der Waals surface area contributed by atoms with Gasteiger partial charge in [0.1, 0.15) is 34.1 Å². The first kappa shape index (κ1) is 96.9.